The molecule has 0 aromatic rings. The van der Waals surface area contributed by atoms with Crippen LogP contribution in [-0.2, 0) is 23.7 Å². The van der Waals surface area contributed by atoms with E-state index >= 15 is 0 Å². The second-order valence-corrected chi connectivity index (χ2v) is 23.9. The highest BCUT2D eigenvalue weighted by Gasteiger charge is 2.51. The molecule has 12 unspecified atom stereocenters. The van der Waals surface area contributed by atoms with Crippen LogP contribution in [0.5, 0.6) is 0 Å². The highest BCUT2D eigenvalue weighted by atomic mass is 16.7. The number of aliphatic hydroxyl groups is 8. The summed E-state index contributed by atoms with van der Waals surface area (Å²) in [6.07, 6.45) is 49.4. The number of carbonyl (C=O) groups excluding carboxylic acids is 1. The summed E-state index contributed by atoms with van der Waals surface area (Å²) in [6, 6.07) is -0.936. The molecule has 2 fully saturated rings. The summed E-state index contributed by atoms with van der Waals surface area (Å²) < 4.78 is 22.8. The number of nitrogens with one attached hydrogen (secondary N) is 1. The average Bonchev–Trinajstić information content (AvgIpc) is 3.64. The van der Waals surface area contributed by atoms with E-state index in [1.165, 1.54) is 212 Å². The molecular formula is C67H125NO13. The van der Waals surface area contributed by atoms with E-state index in [2.05, 4.69) is 43.5 Å². The number of hydrogen-bond donors (Lipinski definition) is 9. The normalized spacial score (nSPS) is 24.3. The maximum absolute atomic E-state index is 13.2. The van der Waals surface area contributed by atoms with E-state index in [1.807, 2.05) is 6.08 Å². The van der Waals surface area contributed by atoms with Crippen molar-refractivity contribution < 1.29 is 64.6 Å². The minimum absolute atomic E-state index is 0.250. The molecule has 2 saturated heterocycles. The summed E-state index contributed by atoms with van der Waals surface area (Å²) in [5.41, 5.74) is 0. The molecule has 1 amide bonds. The summed E-state index contributed by atoms with van der Waals surface area (Å²) in [7, 11) is 0. The quantitative estimate of drug-likeness (QED) is 0.0204. The lowest BCUT2D eigenvalue weighted by molar-refractivity contribution is -0.359. The molecule has 0 aliphatic carbocycles. The molecule has 0 aromatic heterocycles. The van der Waals surface area contributed by atoms with Gasteiger partial charge in [0.2, 0.25) is 5.91 Å². The second kappa shape index (κ2) is 52.5. The lowest BCUT2D eigenvalue weighted by atomic mass is 9.97. The van der Waals surface area contributed by atoms with Gasteiger partial charge in [0.05, 0.1) is 32.0 Å². The van der Waals surface area contributed by atoms with Crippen LogP contribution in [-0.4, -0.2) is 140 Å². The number of aliphatic hydroxyl groups excluding tert-OH is 8. The summed E-state index contributed by atoms with van der Waals surface area (Å²) in [4.78, 5) is 13.2. The fraction of sp³-hybridized carbons (Fsp3) is 0.896. The van der Waals surface area contributed by atoms with E-state index in [-0.39, 0.29) is 18.9 Å². The Bertz CT molecular complexity index is 1500. The molecule has 0 saturated carbocycles. The lowest BCUT2D eigenvalue weighted by Crippen LogP contribution is -2.65. The zero-order chi connectivity index (χ0) is 58.8. The number of amides is 1. The predicted molar refractivity (Wildman–Crippen MR) is 328 cm³/mol. The average molecular weight is 1150 g/mol. The van der Waals surface area contributed by atoms with Crippen LogP contribution >= 0.6 is 0 Å². The molecule has 0 aromatic carbocycles. The standard InChI is InChI=1S/C67H125NO13/c1-3-5-7-9-11-13-15-17-19-20-21-22-23-24-25-26-27-28-29-30-31-32-33-34-35-36-37-38-40-42-44-46-48-50-56(71)55(68-59(72)51-49-47-45-43-41-39-18-16-14-12-10-8-6-4-2)54-78-66-64(77)62(75)65(58(53-70)80-66)81-67-63(76)61(74)60(73)57(52-69)79-67/h35-36,40,42,48,50,55-58,60-67,69-71,73-77H,3-34,37-39,41,43-47,49,51-54H2,1-2H3,(H,68,72)/b36-35+,42-40+,50-48+. The van der Waals surface area contributed by atoms with Gasteiger partial charge in [-0.25, -0.2) is 0 Å². The number of carbonyl (C=O) groups is 1. The van der Waals surface area contributed by atoms with Crippen molar-refractivity contribution in [3.63, 3.8) is 0 Å². The molecule has 9 N–H and O–H groups in total. The molecule has 476 valence electrons. The van der Waals surface area contributed by atoms with E-state index in [9.17, 15) is 45.6 Å². The summed E-state index contributed by atoms with van der Waals surface area (Å²) in [6.45, 7) is 2.80. The van der Waals surface area contributed by atoms with Crippen molar-refractivity contribution >= 4 is 5.91 Å². The summed E-state index contributed by atoms with van der Waals surface area (Å²) in [5.74, 6) is -0.250. The molecule has 2 aliphatic rings. The summed E-state index contributed by atoms with van der Waals surface area (Å²) >= 11 is 0. The predicted octanol–water partition coefficient (Wildman–Crippen LogP) is 13.0. The van der Waals surface area contributed by atoms with Gasteiger partial charge in [0.15, 0.2) is 12.6 Å². The van der Waals surface area contributed by atoms with Crippen molar-refractivity contribution in [3.05, 3.63) is 36.5 Å². The molecule has 14 heteroatoms. The number of allylic oxidation sites excluding steroid dienone is 5. The van der Waals surface area contributed by atoms with Gasteiger partial charge in [-0.2, -0.15) is 0 Å². The van der Waals surface area contributed by atoms with Gasteiger partial charge in [0.25, 0.3) is 0 Å². The van der Waals surface area contributed by atoms with Crippen molar-refractivity contribution in [2.24, 2.45) is 0 Å². The van der Waals surface area contributed by atoms with Gasteiger partial charge in [-0.1, -0.05) is 275 Å². The van der Waals surface area contributed by atoms with Gasteiger partial charge < -0.3 is 65.1 Å². The maximum Gasteiger partial charge on any atom is 0.220 e. The number of rotatable bonds is 55. The van der Waals surface area contributed by atoms with Crippen LogP contribution in [0.1, 0.15) is 290 Å². The fourth-order valence-corrected chi connectivity index (χ4v) is 11.2. The van der Waals surface area contributed by atoms with E-state index in [0.717, 1.165) is 44.9 Å². The largest absolute Gasteiger partial charge is 0.394 e. The number of hydrogen-bond acceptors (Lipinski definition) is 13. The van der Waals surface area contributed by atoms with E-state index in [1.54, 1.807) is 6.08 Å². The molecule has 2 aliphatic heterocycles. The van der Waals surface area contributed by atoms with Crippen molar-refractivity contribution in [3.8, 4) is 0 Å². The van der Waals surface area contributed by atoms with Gasteiger partial charge in [-0.15, -0.1) is 0 Å². The van der Waals surface area contributed by atoms with Crippen molar-refractivity contribution in [1.82, 2.24) is 5.32 Å². The second-order valence-electron chi connectivity index (χ2n) is 23.9. The topological polar surface area (TPSA) is 228 Å². The minimum atomic E-state index is -1.79. The van der Waals surface area contributed by atoms with Gasteiger partial charge in [-0.3, -0.25) is 4.79 Å². The van der Waals surface area contributed by atoms with E-state index in [4.69, 9.17) is 18.9 Å². The Balaban J connectivity index is 1.67. The first-order valence-electron chi connectivity index (χ1n) is 33.7. The Labute approximate surface area is 493 Å². The Morgan fingerprint density at radius 1 is 0.432 bits per heavy atom. The van der Waals surface area contributed by atoms with E-state index in [0.29, 0.717) is 12.8 Å². The first kappa shape index (κ1) is 75.3. The van der Waals surface area contributed by atoms with Crippen LogP contribution in [0, 0.1) is 0 Å². The first-order valence-corrected chi connectivity index (χ1v) is 33.7. The van der Waals surface area contributed by atoms with Crippen molar-refractivity contribution in [2.75, 3.05) is 19.8 Å². The highest BCUT2D eigenvalue weighted by Crippen LogP contribution is 2.30. The zero-order valence-corrected chi connectivity index (χ0v) is 51.5. The molecule has 14 nitrogen and oxygen atoms in total. The van der Waals surface area contributed by atoms with Gasteiger partial charge in [0.1, 0.15) is 48.8 Å². The van der Waals surface area contributed by atoms with Crippen LogP contribution in [0.3, 0.4) is 0 Å². The Hall–Kier alpha value is -1.79. The third-order valence-electron chi connectivity index (χ3n) is 16.6. The maximum atomic E-state index is 13.2. The molecule has 81 heavy (non-hydrogen) atoms. The van der Waals surface area contributed by atoms with Crippen LogP contribution in [0.25, 0.3) is 0 Å². The molecular weight excluding hydrogens is 1030 g/mol. The molecule has 0 radical (unpaired) electrons. The monoisotopic (exact) mass is 1150 g/mol. The summed E-state index contributed by atoms with van der Waals surface area (Å²) in [5, 5.41) is 87.2. The first-order chi connectivity index (χ1) is 39.6. The molecule has 0 spiro atoms. The van der Waals surface area contributed by atoms with Crippen molar-refractivity contribution in [2.45, 2.75) is 364 Å². The lowest BCUT2D eigenvalue weighted by Gasteiger charge is -2.46. The SMILES string of the molecule is CCCCCCCCCCCCCCCCCCCCCCCCC/C=C/CC/C=C/CC/C=C/C(O)C(COC1OC(CO)C(OC2OC(CO)C(O)C(O)C2O)C(O)C1O)NC(=O)CCCCCCCCCCCCCCCC. The fourth-order valence-electron chi connectivity index (χ4n) is 11.2. The van der Waals surface area contributed by atoms with Crippen LogP contribution in [0.15, 0.2) is 36.5 Å². The molecule has 2 heterocycles. The van der Waals surface area contributed by atoms with Gasteiger partial charge >= 0.3 is 0 Å². The van der Waals surface area contributed by atoms with Crippen LogP contribution in [0.2, 0.25) is 0 Å². The molecule has 0 bridgehead atoms. The number of ether oxygens (including phenoxy) is 4. The Morgan fingerprint density at radius 3 is 1.21 bits per heavy atom. The minimum Gasteiger partial charge on any atom is -0.394 e. The van der Waals surface area contributed by atoms with Gasteiger partial charge in [0, 0.05) is 6.42 Å². The van der Waals surface area contributed by atoms with Crippen LogP contribution in [0.4, 0.5) is 0 Å². The van der Waals surface area contributed by atoms with Crippen LogP contribution < -0.4 is 5.32 Å². The zero-order valence-electron chi connectivity index (χ0n) is 51.5. The smallest absolute Gasteiger partial charge is 0.220 e. The third-order valence-corrected chi connectivity index (χ3v) is 16.6. The number of unbranched alkanes of at least 4 members (excludes halogenated alkanes) is 38. The third kappa shape index (κ3) is 37.4. The van der Waals surface area contributed by atoms with Crippen molar-refractivity contribution in [1.29, 1.82) is 0 Å². The highest BCUT2D eigenvalue weighted by molar-refractivity contribution is 5.76. The Kier molecular flexibility index (Phi) is 48.8. The van der Waals surface area contributed by atoms with E-state index < -0.39 is 86.8 Å². The molecule has 12 atom stereocenters. The molecule has 2 rings (SSSR count). The van der Waals surface area contributed by atoms with Gasteiger partial charge in [-0.05, 0) is 44.9 Å². The Morgan fingerprint density at radius 2 is 0.790 bits per heavy atom.